The maximum absolute atomic E-state index is 12.7. The minimum atomic E-state index is -3.84. The third-order valence-electron chi connectivity index (χ3n) is 4.40. The van der Waals surface area contributed by atoms with Crippen LogP contribution in [-0.4, -0.2) is 33.6 Å². The van der Waals surface area contributed by atoms with Crippen LogP contribution in [0.4, 0.5) is 11.5 Å². The summed E-state index contributed by atoms with van der Waals surface area (Å²) in [6, 6.07) is 8.02. The molecule has 0 bridgehead atoms. The number of pyridine rings is 1. The molecule has 1 N–H and O–H groups in total. The van der Waals surface area contributed by atoms with E-state index in [1.807, 2.05) is 6.07 Å². The molecule has 0 amide bonds. The Balaban J connectivity index is 1.79. The second-order valence-corrected chi connectivity index (χ2v) is 8.59. The highest BCUT2D eigenvalue weighted by Gasteiger charge is 2.21. The lowest BCUT2D eigenvalue weighted by molar-refractivity contribution is 0.403. The third-order valence-corrected chi connectivity index (χ3v) is 6.03. The van der Waals surface area contributed by atoms with E-state index >= 15 is 0 Å². The Bertz CT molecular complexity index is 872. The van der Waals surface area contributed by atoms with Crippen molar-refractivity contribution in [3.05, 3.63) is 41.6 Å². The Kier molecular flexibility index (Phi) is 5.58. The molecule has 0 spiro atoms. The monoisotopic (exact) mass is 395 g/mol. The first-order valence-corrected chi connectivity index (χ1v) is 10.3. The molecule has 0 radical (unpaired) electrons. The smallest absolute Gasteiger partial charge is 0.265 e. The molecule has 26 heavy (non-hydrogen) atoms. The maximum Gasteiger partial charge on any atom is 0.265 e. The Labute approximate surface area is 159 Å². The van der Waals surface area contributed by atoms with Crippen molar-refractivity contribution in [2.45, 2.75) is 24.7 Å². The third kappa shape index (κ3) is 4.22. The number of sulfonamides is 1. The van der Waals surface area contributed by atoms with Gasteiger partial charge in [-0.1, -0.05) is 18.5 Å². The minimum Gasteiger partial charge on any atom is -0.495 e. The average molecular weight is 396 g/mol. The van der Waals surface area contributed by atoms with Gasteiger partial charge >= 0.3 is 0 Å². The second kappa shape index (κ2) is 7.72. The molecule has 1 aliphatic rings. The molecule has 1 atom stereocenters. The highest BCUT2D eigenvalue weighted by Crippen LogP contribution is 2.29. The molecule has 1 fully saturated rings. The number of rotatable bonds is 5. The van der Waals surface area contributed by atoms with Gasteiger partial charge in [-0.2, -0.15) is 0 Å². The van der Waals surface area contributed by atoms with Crippen molar-refractivity contribution >= 4 is 33.1 Å². The van der Waals surface area contributed by atoms with Gasteiger partial charge in [0, 0.05) is 18.1 Å². The molecule has 8 heteroatoms. The van der Waals surface area contributed by atoms with Crippen LogP contribution in [0.3, 0.4) is 0 Å². The van der Waals surface area contributed by atoms with Crippen LogP contribution in [0.15, 0.2) is 41.4 Å². The Morgan fingerprint density at radius 2 is 2.12 bits per heavy atom. The molecule has 1 saturated heterocycles. The lowest BCUT2D eigenvalue weighted by Gasteiger charge is -2.31. The van der Waals surface area contributed by atoms with Crippen molar-refractivity contribution < 1.29 is 13.2 Å². The number of halogens is 1. The molecule has 1 aliphatic heterocycles. The van der Waals surface area contributed by atoms with Gasteiger partial charge in [0.1, 0.15) is 16.5 Å². The largest absolute Gasteiger partial charge is 0.495 e. The minimum absolute atomic E-state index is 0.0126. The zero-order chi connectivity index (χ0) is 18.7. The molecular formula is C18H22ClN3O3S. The van der Waals surface area contributed by atoms with Gasteiger partial charge < -0.3 is 9.64 Å². The molecule has 2 heterocycles. The zero-order valence-electron chi connectivity index (χ0n) is 14.8. The molecule has 0 aliphatic carbocycles. The van der Waals surface area contributed by atoms with E-state index in [1.54, 1.807) is 12.1 Å². The quantitative estimate of drug-likeness (QED) is 0.834. The highest BCUT2D eigenvalue weighted by atomic mass is 35.5. The molecule has 0 saturated carbocycles. The van der Waals surface area contributed by atoms with Crippen LogP contribution >= 0.6 is 11.6 Å². The number of hydrogen-bond acceptors (Lipinski definition) is 5. The summed E-state index contributed by atoms with van der Waals surface area (Å²) in [6.07, 6.45) is 3.91. The van der Waals surface area contributed by atoms with Gasteiger partial charge in [-0.3, -0.25) is 4.72 Å². The predicted molar refractivity (Wildman–Crippen MR) is 104 cm³/mol. The summed E-state index contributed by atoms with van der Waals surface area (Å²) in [4.78, 5) is 6.63. The van der Waals surface area contributed by atoms with E-state index in [1.165, 1.54) is 31.9 Å². The van der Waals surface area contributed by atoms with Gasteiger partial charge in [-0.15, -0.1) is 0 Å². The molecule has 1 aromatic heterocycles. The van der Waals surface area contributed by atoms with Crippen molar-refractivity contribution in [1.82, 2.24) is 4.98 Å². The van der Waals surface area contributed by atoms with Gasteiger partial charge in [-0.25, -0.2) is 13.4 Å². The Morgan fingerprint density at radius 3 is 2.77 bits per heavy atom. The molecular weight excluding hydrogens is 374 g/mol. The van der Waals surface area contributed by atoms with Gasteiger partial charge in [-0.05, 0) is 49.1 Å². The van der Waals surface area contributed by atoms with Crippen LogP contribution in [0.5, 0.6) is 5.75 Å². The number of methoxy groups -OCH3 is 1. The summed E-state index contributed by atoms with van der Waals surface area (Å²) < 4.78 is 33.0. The van der Waals surface area contributed by atoms with E-state index in [0.29, 0.717) is 16.6 Å². The Hall–Kier alpha value is -1.99. The van der Waals surface area contributed by atoms with Crippen molar-refractivity contribution in [2.75, 3.05) is 29.8 Å². The van der Waals surface area contributed by atoms with Crippen LogP contribution in [0.2, 0.25) is 5.02 Å². The van der Waals surface area contributed by atoms with Crippen LogP contribution in [0.25, 0.3) is 0 Å². The van der Waals surface area contributed by atoms with E-state index in [9.17, 15) is 8.42 Å². The van der Waals surface area contributed by atoms with Crippen molar-refractivity contribution in [1.29, 1.82) is 0 Å². The van der Waals surface area contributed by atoms with E-state index in [-0.39, 0.29) is 10.6 Å². The van der Waals surface area contributed by atoms with Gasteiger partial charge in [0.15, 0.2) is 0 Å². The molecule has 140 valence electrons. The van der Waals surface area contributed by atoms with E-state index in [2.05, 4.69) is 21.5 Å². The van der Waals surface area contributed by atoms with Crippen LogP contribution < -0.4 is 14.4 Å². The van der Waals surface area contributed by atoms with E-state index < -0.39 is 10.0 Å². The van der Waals surface area contributed by atoms with E-state index in [0.717, 1.165) is 25.3 Å². The highest BCUT2D eigenvalue weighted by molar-refractivity contribution is 7.92. The molecule has 6 nitrogen and oxygen atoms in total. The molecule has 1 unspecified atom stereocenters. The number of nitrogens with zero attached hydrogens (tertiary/aromatic N) is 2. The average Bonchev–Trinajstić information content (AvgIpc) is 2.62. The molecule has 3 rings (SSSR count). The lowest BCUT2D eigenvalue weighted by Crippen LogP contribution is -2.34. The maximum atomic E-state index is 12.7. The number of ether oxygens (including phenoxy) is 1. The zero-order valence-corrected chi connectivity index (χ0v) is 16.3. The van der Waals surface area contributed by atoms with Crippen molar-refractivity contribution in [2.24, 2.45) is 5.92 Å². The fraction of sp³-hybridized carbons (Fsp3) is 0.389. The lowest BCUT2D eigenvalue weighted by atomic mass is 10.0. The van der Waals surface area contributed by atoms with E-state index in [4.69, 9.17) is 16.3 Å². The standard InChI is InChI=1S/C18H22ClN3O3S/c1-13-4-3-9-22(12-13)18-8-6-15(11-20-18)21-26(23,24)17-10-14(19)5-7-16(17)25-2/h5-8,10-11,13,21H,3-4,9,12H2,1-2H3. The van der Waals surface area contributed by atoms with Gasteiger partial charge in [0.05, 0.1) is 19.0 Å². The number of nitrogens with one attached hydrogen (secondary N) is 1. The normalized spacial score (nSPS) is 17.8. The van der Waals surface area contributed by atoms with Crippen molar-refractivity contribution in [3.8, 4) is 5.75 Å². The number of aromatic nitrogens is 1. The van der Waals surface area contributed by atoms with Crippen LogP contribution in [0.1, 0.15) is 19.8 Å². The summed E-state index contributed by atoms with van der Waals surface area (Å²) >= 11 is 5.94. The second-order valence-electron chi connectivity index (χ2n) is 6.50. The SMILES string of the molecule is COc1ccc(Cl)cc1S(=O)(=O)Nc1ccc(N2CCCC(C)C2)nc1. The van der Waals surface area contributed by atoms with Gasteiger partial charge in [0.25, 0.3) is 10.0 Å². The number of benzene rings is 1. The summed E-state index contributed by atoms with van der Waals surface area (Å²) in [7, 11) is -2.42. The molecule has 1 aromatic carbocycles. The van der Waals surface area contributed by atoms with Crippen LogP contribution in [0, 0.1) is 5.92 Å². The summed E-state index contributed by atoms with van der Waals surface area (Å²) in [5.41, 5.74) is 0.390. The fourth-order valence-corrected chi connectivity index (χ4v) is 4.58. The predicted octanol–water partition coefficient (Wildman–Crippen LogP) is 3.78. The van der Waals surface area contributed by atoms with Crippen molar-refractivity contribution in [3.63, 3.8) is 0 Å². The molecule has 2 aromatic rings. The summed E-state index contributed by atoms with van der Waals surface area (Å²) in [5, 5.41) is 0.318. The number of piperidine rings is 1. The first kappa shape index (κ1) is 18.8. The Morgan fingerprint density at radius 1 is 1.31 bits per heavy atom. The summed E-state index contributed by atoms with van der Waals surface area (Å²) in [5.74, 6) is 1.73. The number of anilines is 2. The van der Waals surface area contributed by atoms with Gasteiger partial charge in [0.2, 0.25) is 0 Å². The first-order chi connectivity index (χ1) is 12.4. The van der Waals surface area contributed by atoms with Crippen LogP contribution in [-0.2, 0) is 10.0 Å². The number of hydrogen-bond donors (Lipinski definition) is 1. The topological polar surface area (TPSA) is 71.5 Å². The first-order valence-electron chi connectivity index (χ1n) is 8.46. The summed E-state index contributed by atoms with van der Waals surface area (Å²) in [6.45, 7) is 4.17. The fourth-order valence-electron chi connectivity index (χ4n) is 3.10.